The number of hydrogen-bond acceptors (Lipinski definition) is 7. The summed E-state index contributed by atoms with van der Waals surface area (Å²) in [6.45, 7) is 18.2. The molecule has 0 saturated carbocycles. The van der Waals surface area contributed by atoms with Gasteiger partial charge in [-0.15, -0.1) is 0 Å². The average molecular weight is 871 g/mol. The summed E-state index contributed by atoms with van der Waals surface area (Å²) in [5, 5.41) is 0. The van der Waals surface area contributed by atoms with Crippen LogP contribution in [0.2, 0.25) is 0 Å². The lowest BCUT2D eigenvalue weighted by Gasteiger charge is -2.25. The van der Waals surface area contributed by atoms with Crippen molar-refractivity contribution in [3.8, 4) is 0 Å². The maximum Gasteiger partial charge on any atom is 0.160 e. The molecule has 0 aliphatic rings. The van der Waals surface area contributed by atoms with E-state index in [2.05, 4.69) is 41.5 Å². The molecule has 0 amide bonds. The molecule has 0 heterocycles. The van der Waals surface area contributed by atoms with E-state index >= 15 is 0 Å². The van der Waals surface area contributed by atoms with Crippen molar-refractivity contribution in [3.63, 3.8) is 0 Å². The molecule has 0 aliphatic heterocycles. The normalized spacial score (nSPS) is 13.0. The predicted molar refractivity (Wildman–Crippen MR) is 261 cm³/mol. The summed E-state index contributed by atoms with van der Waals surface area (Å²) in [5.74, 6) is 0. The van der Waals surface area contributed by atoms with Gasteiger partial charge in [0.2, 0.25) is 0 Å². The van der Waals surface area contributed by atoms with Crippen molar-refractivity contribution in [2.45, 2.75) is 311 Å². The summed E-state index contributed by atoms with van der Waals surface area (Å²) in [4.78, 5) is 0. The van der Waals surface area contributed by atoms with Gasteiger partial charge in [-0.2, -0.15) is 0 Å². The Balaban J connectivity index is 4.72. The van der Waals surface area contributed by atoms with Crippen LogP contribution in [0.1, 0.15) is 286 Å². The summed E-state index contributed by atoms with van der Waals surface area (Å²) in [7, 11) is 0. The van der Waals surface area contributed by atoms with Crippen molar-refractivity contribution in [1.82, 2.24) is 0 Å². The Morgan fingerprint density at radius 1 is 0.197 bits per heavy atom. The fraction of sp³-hybridized carbons (Fsp3) is 1.00. The van der Waals surface area contributed by atoms with Gasteiger partial charge in [0, 0.05) is 39.6 Å². The molecule has 0 bridgehead atoms. The third kappa shape index (κ3) is 46.1. The number of unbranched alkanes of at least 4 members (excludes halogenated alkanes) is 26. The highest BCUT2D eigenvalue weighted by molar-refractivity contribution is 4.58. The number of rotatable bonds is 54. The van der Waals surface area contributed by atoms with Gasteiger partial charge < -0.3 is 33.2 Å². The van der Waals surface area contributed by atoms with Gasteiger partial charge in [0.15, 0.2) is 25.2 Å². The van der Waals surface area contributed by atoms with Crippen molar-refractivity contribution >= 4 is 0 Å². The van der Waals surface area contributed by atoms with E-state index in [-0.39, 0.29) is 25.2 Å². The molecule has 0 N–H and O–H groups in total. The van der Waals surface area contributed by atoms with Crippen molar-refractivity contribution in [2.75, 3.05) is 39.6 Å². The van der Waals surface area contributed by atoms with E-state index in [1.54, 1.807) is 0 Å². The molecule has 2 atom stereocenters. The fourth-order valence-corrected chi connectivity index (χ4v) is 7.82. The average Bonchev–Trinajstić information content (AvgIpc) is 3.27. The first-order valence-electron chi connectivity index (χ1n) is 27.5. The topological polar surface area (TPSA) is 64.6 Å². The van der Waals surface area contributed by atoms with Gasteiger partial charge in [0.25, 0.3) is 0 Å². The SMILES string of the molecule is CCCCCCCCOC(CCCCCCC(OCCC)OC(CCCCCCC(OCCCCCCCC)OCCCCCCCC)OCCC)OCCCCCCCC. The molecule has 0 spiro atoms. The quantitative estimate of drug-likeness (QED) is 0.0446. The molecule has 7 nitrogen and oxygen atoms in total. The summed E-state index contributed by atoms with van der Waals surface area (Å²) < 4.78 is 44.2. The Morgan fingerprint density at radius 2 is 0.410 bits per heavy atom. The molecular weight excluding hydrogens is 761 g/mol. The molecule has 0 aliphatic carbocycles. The Kier molecular flexibility index (Phi) is 52.1. The van der Waals surface area contributed by atoms with E-state index in [1.807, 2.05) is 0 Å². The minimum absolute atomic E-state index is 0.0559. The van der Waals surface area contributed by atoms with Crippen LogP contribution in [0, 0.1) is 0 Å². The van der Waals surface area contributed by atoms with Crippen LogP contribution in [0.3, 0.4) is 0 Å². The largest absolute Gasteiger partial charge is 0.353 e. The number of ether oxygens (including phenoxy) is 7. The Labute approximate surface area is 382 Å². The molecule has 0 radical (unpaired) electrons. The van der Waals surface area contributed by atoms with E-state index in [1.165, 1.54) is 154 Å². The molecule has 0 aromatic carbocycles. The van der Waals surface area contributed by atoms with Gasteiger partial charge in [0.1, 0.15) is 0 Å². The van der Waals surface area contributed by atoms with E-state index in [9.17, 15) is 0 Å². The third-order valence-corrected chi connectivity index (χ3v) is 11.8. The van der Waals surface area contributed by atoms with Crippen LogP contribution < -0.4 is 0 Å². The van der Waals surface area contributed by atoms with Crippen molar-refractivity contribution in [1.29, 1.82) is 0 Å². The van der Waals surface area contributed by atoms with Gasteiger partial charge >= 0.3 is 0 Å². The Bertz CT molecular complexity index is 686. The summed E-state index contributed by atoms with van der Waals surface area (Å²) in [6, 6.07) is 0. The van der Waals surface area contributed by atoms with Gasteiger partial charge in [-0.25, -0.2) is 0 Å². The van der Waals surface area contributed by atoms with E-state index in [4.69, 9.17) is 33.2 Å². The van der Waals surface area contributed by atoms with Crippen LogP contribution in [0.5, 0.6) is 0 Å². The van der Waals surface area contributed by atoms with Gasteiger partial charge in [0.05, 0.1) is 0 Å². The molecule has 2 unspecified atom stereocenters. The highest BCUT2D eigenvalue weighted by Gasteiger charge is 2.18. The van der Waals surface area contributed by atoms with Crippen LogP contribution in [-0.4, -0.2) is 64.8 Å². The zero-order valence-corrected chi connectivity index (χ0v) is 42.3. The Hall–Kier alpha value is -0.280. The lowest BCUT2D eigenvalue weighted by Crippen LogP contribution is -2.28. The first kappa shape index (κ1) is 60.7. The molecule has 368 valence electrons. The standard InChI is InChI=1S/C54H110O7/c1-7-13-17-21-29-37-47-57-51(58-48-38-30-22-18-14-8-2)41-33-25-27-35-43-53(55-45-11-5)61-54(56-46-12-6)44-36-28-26-34-42-52(59-49-39-31-23-19-15-9-3)60-50-40-32-24-20-16-10-4/h51-54H,7-50H2,1-6H3. The smallest absolute Gasteiger partial charge is 0.160 e. The molecule has 0 aromatic rings. The molecule has 61 heavy (non-hydrogen) atoms. The van der Waals surface area contributed by atoms with Crippen LogP contribution in [0.25, 0.3) is 0 Å². The second-order valence-corrected chi connectivity index (χ2v) is 18.1. The maximum atomic E-state index is 6.56. The van der Waals surface area contributed by atoms with Crippen molar-refractivity contribution < 1.29 is 33.2 Å². The molecule has 7 heteroatoms. The van der Waals surface area contributed by atoms with Gasteiger partial charge in [-0.3, -0.25) is 0 Å². The lowest BCUT2D eigenvalue weighted by atomic mass is 10.1. The van der Waals surface area contributed by atoms with Crippen LogP contribution in [-0.2, 0) is 33.2 Å². The van der Waals surface area contributed by atoms with Gasteiger partial charge in [-0.1, -0.05) is 196 Å². The summed E-state index contributed by atoms with van der Waals surface area (Å²) >= 11 is 0. The van der Waals surface area contributed by atoms with Crippen LogP contribution in [0.4, 0.5) is 0 Å². The molecule has 0 rings (SSSR count). The Morgan fingerprint density at radius 3 is 0.672 bits per heavy atom. The molecule has 0 saturated heterocycles. The van der Waals surface area contributed by atoms with E-state index < -0.39 is 0 Å². The summed E-state index contributed by atoms with van der Waals surface area (Å²) in [6.07, 6.45) is 45.4. The zero-order valence-electron chi connectivity index (χ0n) is 42.3. The van der Waals surface area contributed by atoms with Crippen molar-refractivity contribution in [2.24, 2.45) is 0 Å². The second-order valence-electron chi connectivity index (χ2n) is 18.1. The minimum Gasteiger partial charge on any atom is -0.353 e. The van der Waals surface area contributed by atoms with E-state index in [0.717, 1.165) is 130 Å². The van der Waals surface area contributed by atoms with Crippen molar-refractivity contribution in [3.05, 3.63) is 0 Å². The molecule has 0 aromatic heterocycles. The zero-order chi connectivity index (χ0) is 44.4. The fourth-order valence-electron chi connectivity index (χ4n) is 7.82. The molecular formula is C54H110O7. The second kappa shape index (κ2) is 52.3. The monoisotopic (exact) mass is 871 g/mol. The predicted octanol–water partition coefficient (Wildman–Crippen LogP) is 17.4. The first-order valence-corrected chi connectivity index (χ1v) is 27.5. The summed E-state index contributed by atoms with van der Waals surface area (Å²) in [5.41, 5.74) is 0. The van der Waals surface area contributed by atoms with Crippen LogP contribution in [0.15, 0.2) is 0 Å². The highest BCUT2D eigenvalue weighted by atomic mass is 16.8. The lowest BCUT2D eigenvalue weighted by molar-refractivity contribution is -0.249. The highest BCUT2D eigenvalue weighted by Crippen LogP contribution is 2.20. The molecule has 0 fully saturated rings. The maximum absolute atomic E-state index is 6.56. The van der Waals surface area contributed by atoms with Gasteiger partial charge in [-0.05, 0) is 89.9 Å². The first-order chi connectivity index (χ1) is 30.1. The number of hydrogen-bond donors (Lipinski definition) is 0. The van der Waals surface area contributed by atoms with Crippen LogP contribution >= 0.6 is 0 Å². The third-order valence-electron chi connectivity index (χ3n) is 11.8. The minimum atomic E-state index is -0.204. The van der Waals surface area contributed by atoms with E-state index in [0.29, 0.717) is 0 Å².